The highest BCUT2D eigenvalue weighted by molar-refractivity contribution is 5.76. The molecular weight excluding hydrogens is 238 g/mol. The van der Waals surface area contributed by atoms with Gasteiger partial charge in [0.25, 0.3) is 0 Å². The molecule has 106 valence electrons. The summed E-state index contributed by atoms with van der Waals surface area (Å²) in [7, 11) is 1.92. The third-order valence-electron chi connectivity index (χ3n) is 3.16. The van der Waals surface area contributed by atoms with Gasteiger partial charge in [-0.3, -0.25) is 4.79 Å². The number of esters is 1. The van der Waals surface area contributed by atoms with Gasteiger partial charge in [0.1, 0.15) is 6.54 Å². The van der Waals surface area contributed by atoms with Gasteiger partial charge in [0.2, 0.25) is 0 Å². The van der Waals surface area contributed by atoms with Crippen LogP contribution in [0.2, 0.25) is 0 Å². The van der Waals surface area contributed by atoms with Crippen molar-refractivity contribution < 1.29 is 9.53 Å². The maximum Gasteiger partial charge on any atom is 0.325 e. The van der Waals surface area contributed by atoms with Crippen molar-refractivity contribution in [2.45, 2.75) is 40.0 Å². The van der Waals surface area contributed by atoms with E-state index < -0.39 is 0 Å². The van der Waals surface area contributed by atoms with Crippen LogP contribution in [0.15, 0.2) is 18.2 Å². The Morgan fingerprint density at radius 2 is 1.95 bits per heavy atom. The molecule has 0 fully saturated rings. The molecule has 0 saturated carbocycles. The van der Waals surface area contributed by atoms with E-state index in [-0.39, 0.29) is 17.9 Å². The number of nitrogens with zero attached hydrogens (tertiary/aromatic N) is 1. The summed E-state index contributed by atoms with van der Waals surface area (Å²) in [6.07, 6.45) is 0. The van der Waals surface area contributed by atoms with Gasteiger partial charge >= 0.3 is 5.97 Å². The molecule has 1 aromatic rings. The van der Waals surface area contributed by atoms with Gasteiger partial charge in [-0.25, -0.2) is 0 Å². The van der Waals surface area contributed by atoms with Crippen LogP contribution in [-0.2, 0) is 14.9 Å². The van der Waals surface area contributed by atoms with Crippen LogP contribution in [0.4, 0.5) is 5.69 Å². The van der Waals surface area contributed by atoms with Crippen LogP contribution < -0.4 is 4.90 Å². The molecule has 0 aromatic heterocycles. The molecule has 0 amide bonds. The van der Waals surface area contributed by atoms with E-state index in [1.807, 2.05) is 18.9 Å². The molecule has 3 nitrogen and oxygen atoms in total. The van der Waals surface area contributed by atoms with Gasteiger partial charge in [-0.05, 0) is 36.5 Å². The molecule has 0 heterocycles. The molecule has 0 aliphatic heterocycles. The topological polar surface area (TPSA) is 29.5 Å². The number of carbonyl (C=O) groups excluding carboxylic acids is 1. The molecule has 0 spiro atoms. The maximum absolute atomic E-state index is 11.6. The number of hydrogen-bond donors (Lipinski definition) is 0. The fourth-order valence-electron chi connectivity index (χ4n) is 1.97. The molecule has 19 heavy (non-hydrogen) atoms. The second-order valence-corrected chi connectivity index (χ2v) is 5.91. The first-order valence-electron chi connectivity index (χ1n) is 6.73. The van der Waals surface area contributed by atoms with Crippen LogP contribution in [0.1, 0.15) is 38.8 Å². The van der Waals surface area contributed by atoms with Gasteiger partial charge in [-0.2, -0.15) is 0 Å². The molecule has 0 N–H and O–H groups in total. The number of aryl methyl sites for hydroxylation is 1. The molecular formula is C16H25NO2. The largest absolute Gasteiger partial charge is 0.465 e. The summed E-state index contributed by atoms with van der Waals surface area (Å²) < 4.78 is 4.99. The Morgan fingerprint density at radius 3 is 2.47 bits per heavy atom. The van der Waals surface area contributed by atoms with Gasteiger partial charge < -0.3 is 9.64 Å². The predicted molar refractivity (Wildman–Crippen MR) is 79.8 cm³/mol. The Hall–Kier alpha value is -1.51. The Balaban J connectivity index is 2.96. The van der Waals surface area contributed by atoms with E-state index in [9.17, 15) is 4.79 Å². The van der Waals surface area contributed by atoms with Crippen LogP contribution in [-0.4, -0.2) is 26.2 Å². The van der Waals surface area contributed by atoms with E-state index in [1.165, 1.54) is 11.1 Å². The summed E-state index contributed by atoms with van der Waals surface area (Å²) in [6, 6.07) is 6.42. The van der Waals surface area contributed by atoms with Gasteiger partial charge in [-0.1, -0.05) is 32.9 Å². The summed E-state index contributed by atoms with van der Waals surface area (Å²) in [5.41, 5.74) is 3.62. The second-order valence-electron chi connectivity index (χ2n) is 5.91. The molecule has 1 rings (SSSR count). The van der Waals surface area contributed by atoms with E-state index in [4.69, 9.17) is 4.74 Å². The lowest BCUT2D eigenvalue weighted by atomic mass is 9.86. The van der Waals surface area contributed by atoms with Crippen molar-refractivity contribution in [3.05, 3.63) is 29.3 Å². The highest BCUT2D eigenvalue weighted by Crippen LogP contribution is 2.28. The lowest BCUT2D eigenvalue weighted by Crippen LogP contribution is -2.28. The second kappa shape index (κ2) is 6.09. The van der Waals surface area contributed by atoms with Gasteiger partial charge in [0.05, 0.1) is 6.61 Å². The van der Waals surface area contributed by atoms with E-state index in [0.717, 1.165) is 5.69 Å². The van der Waals surface area contributed by atoms with Crippen molar-refractivity contribution >= 4 is 11.7 Å². The summed E-state index contributed by atoms with van der Waals surface area (Å²) in [5, 5.41) is 0. The third-order valence-corrected chi connectivity index (χ3v) is 3.16. The lowest BCUT2D eigenvalue weighted by Gasteiger charge is -2.25. The van der Waals surface area contributed by atoms with Crippen LogP contribution in [0.25, 0.3) is 0 Å². The van der Waals surface area contributed by atoms with E-state index in [2.05, 4.69) is 45.9 Å². The first-order valence-corrected chi connectivity index (χ1v) is 6.73. The summed E-state index contributed by atoms with van der Waals surface area (Å²) >= 11 is 0. The van der Waals surface area contributed by atoms with Crippen molar-refractivity contribution in [1.29, 1.82) is 0 Å². The maximum atomic E-state index is 11.6. The number of benzene rings is 1. The van der Waals surface area contributed by atoms with Crippen molar-refractivity contribution in [3.8, 4) is 0 Å². The molecule has 3 heteroatoms. The Morgan fingerprint density at radius 1 is 1.32 bits per heavy atom. The summed E-state index contributed by atoms with van der Waals surface area (Å²) in [4.78, 5) is 13.5. The summed E-state index contributed by atoms with van der Waals surface area (Å²) in [5.74, 6) is -0.189. The zero-order chi connectivity index (χ0) is 14.6. The van der Waals surface area contributed by atoms with Crippen molar-refractivity contribution in [2.75, 3.05) is 25.1 Å². The van der Waals surface area contributed by atoms with E-state index in [0.29, 0.717) is 6.61 Å². The number of anilines is 1. The Labute approximate surface area is 116 Å². The highest BCUT2D eigenvalue weighted by atomic mass is 16.5. The summed E-state index contributed by atoms with van der Waals surface area (Å²) in [6.45, 7) is 11.1. The highest BCUT2D eigenvalue weighted by Gasteiger charge is 2.17. The van der Waals surface area contributed by atoms with Crippen LogP contribution in [0.3, 0.4) is 0 Å². The Bertz CT molecular complexity index is 447. The SMILES string of the molecule is CCOC(=O)CN(C)c1cc(C(C)(C)C)ccc1C. The normalized spacial score (nSPS) is 11.3. The Kier molecular flexibility index (Phi) is 4.98. The van der Waals surface area contributed by atoms with E-state index in [1.54, 1.807) is 0 Å². The first-order chi connectivity index (χ1) is 8.75. The number of rotatable bonds is 4. The minimum absolute atomic E-state index is 0.104. The molecule has 0 saturated heterocycles. The number of ether oxygens (including phenoxy) is 1. The minimum Gasteiger partial charge on any atom is -0.465 e. The van der Waals surface area contributed by atoms with Crippen LogP contribution >= 0.6 is 0 Å². The zero-order valence-electron chi connectivity index (χ0n) is 12.9. The van der Waals surface area contributed by atoms with Gasteiger partial charge in [-0.15, -0.1) is 0 Å². The number of hydrogen-bond acceptors (Lipinski definition) is 3. The van der Waals surface area contributed by atoms with Crippen molar-refractivity contribution in [2.24, 2.45) is 0 Å². The van der Waals surface area contributed by atoms with Crippen molar-refractivity contribution in [3.63, 3.8) is 0 Å². The number of likely N-dealkylation sites (N-methyl/N-ethyl adjacent to an activating group) is 1. The quantitative estimate of drug-likeness (QED) is 0.781. The molecule has 0 aliphatic carbocycles. The van der Waals surface area contributed by atoms with E-state index >= 15 is 0 Å². The first kappa shape index (κ1) is 15.5. The fraction of sp³-hybridized carbons (Fsp3) is 0.562. The molecule has 0 unspecified atom stereocenters. The average Bonchev–Trinajstić information content (AvgIpc) is 2.27. The molecule has 0 aliphatic rings. The predicted octanol–water partition coefficient (Wildman–Crippen LogP) is 3.29. The molecule has 0 atom stereocenters. The number of carbonyl (C=O) groups is 1. The zero-order valence-corrected chi connectivity index (χ0v) is 12.9. The van der Waals surface area contributed by atoms with Crippen LogP contribution in [0, 0.1) is 6.92 Å². The van der Waals surface area contributed by atoms with Crippen molar-refractivity contribution in [1.82, 2.24) is 0 Å². The fourth-order valence-corrected chi connectivity index (χ4v) is 1.97. The van der Waals surface area contributed by atoms with Crippen LogP contribution in [0.5, 0.6) is 0 Å². The average molecular weight is 263 g/mol. The van der Waals surface area contributed by atoms with Gasteiger partial charge in [0.15, 0.2) is 0 Å². The molecule has 1 aromatic carbocycles. The smallest absolute Gasteiger partial charge is 0.325 e. The standard InChI is InChI=1S/C16H25NO2/c1-7-19-15(18)11-17(6)14-10-13(16(3,4)5)9-8-12(14)2/h8-10H,7,11H2,1-6H3. The molecule has 0 bridgehead atoms. The lowest BCUT2D eigenvalue weighted by molar-refractivity contribution is -0.141. The molecule has 0 radical (unpaired) electrons. The van der Waals surface area contributed by atoms with Gasteiger partial charge in [0, 0.05) is 12.7 Å². The monoisotopic (exact) mass is 263 g/mol. The third kappa shape index (κ3) is 4.27. The minimum atomic E-state index is -0.189.